The number of amides is 2. The molecule has 1 aromatic heterocycles. The minimum Gasteiger partial charge on any atom is -0.484 e. The number of nitrogens with one attached hydrogen (secondary N) is 2. The van der Waals surface area contributed by atoms with E-state index in [0.717, 1.165) is 0 Å². The predicted octanol–water partition coefficient (Wildman–Crippen LogP) is 1.26. The maximum atomic E-state index is 12.6. The molecule has 6 nitrogen and oxygen atoms in total. The molecule has 0 radical (unpaired) electrons. The van der Waals surface area contributed by atoms with Crippen molar-refractivity contribution in [1.82, 2.24) is 10.9 Å². The van der Waals surface area contributed by atoms with E-state index < -0.39 is 17.6 Å². The molecule has 2 rings (SSSR count). The lowest BCUT2D eigenvalue weighted by Crippen LogP contribution is -2.43. The van der Waals surface area contributed by atoms with E-state index in [-0.39, 0.29) is 12.4 Å². The van der Waals surface area contributed by atoms with Crippen LogP contribution >= 0.6 is 0 Å². The zero-order chi connectivity index (χ0) is 14.4. The highest BCUT2D eigenvalue weighted by Crippen LogP contribution is 2.10. The average Bonchev–Trinajstić information content (AvgIpc) is 2.98. The van der Waals surface area contributed by atoms with Gasteiger partial charge in [0.25, 0.3) is 5.91 Å². The Morgan fingerprint density at radius 2 is 1.90 bits per heavy atom. The molecule has 0 saturated heterocycles. The van der Waals surface area contributed by atoms with Gasteiger partial charge in [-0.05, 0) is 36.4 Å². The summed E-state index contributed by atoms with van der Waals surface area (Å²) in [5.41, 5.74) is 4.31. The van der Waals surface area contributed by atoms with Gasteiger partial charge in [0.1, 0.15) is 11.6 Å². The molecule has 2 N–H and O–H groups in total. The first kappa shape index (κ1) is 13.6. The molecule has 0 aliphatic carbocycles. The number of hydrogen-bond donors (Lipinski definition) is 2. The molecular weight excluding hydrogens is 267 g/mol. The molecule has 0 unspecified atom stereocenters. The van der Waals surface area contributed by atoms with Gasteiger partial charge >= 0.3 is 5.91 Å². The van der Waals surface area contributed by atoms with Gasteiger partial charge in [-0.15, -0.1) is 0 Å². The van der Waals surface area contributed by atoms with Crippen LogP contribution in [0.1, 0.15) is 10.6 Å². The number of carbonyl (C=O) groups is 2. The molecule has 0 fully saturated rings. The third-order valence-electron chi connectivity index (χ3n) is 2.24. The van der Waals surface area contributed by atoms with Gasteiger partial charge in [0.15, 0.2) is 12.4 Å². The Balaban J connectivity index is 1.73. The van der Waals surface area contributed by atoms with Crippen molar-refractivity contribution in [2.45, 2.75) is 0 Å². The molecule has 1 heterocycles. The molecule has 1 aromatic carbocycles. The SMILES string of the molecule is O=C(COc1ccc(F)cc1)NNC(=O)c1ccco1. The summed E-state index contributed by atoms with van der Waals surface area (Å²) in [6.07, 6.45) is 1.34. The topological polar surface area (TPSA) is 80.6 Å². The van der Waals surface area contributed by atoms with Gasteiger partial charge < -0.3 is 9.15 Å². The van der Waals surface area contributed by atoms with Crippen molar-refractivity contribution in [2.75, 3.05) is 6.61 Å². The Labute approximate surface area is 113 Å². The normalized spacial score (nSPS) is 9.85. The van der Waals surface area contributed by atoms with Gasteiger partial charge in [0, 0.05) is 0 Å². The van der Waals surface area contributed by atoms with Crippen LogP contribution in [-0.4, -0.2) is 18.4 Å². The van der Waals surface area contributed by atoms with Crippen molar-refractivity contribution in [3.05, 3.63) is 54.2 Å². The summed E-state index contributed by atoms with van der Waals surface area (Å²) in [5.74, 6) is -1.12. The van der Waals surface area contributed by atoms with Crippen molar-refractivity contribution in [3.8, 4) is 5.75 Å². The number of carbonyl (C=O) groups excluding carboxylic acids is 2. The third-order valence-corrected chi connectivity index (χ3v) is 2.24. The van der Waals surface area contributed by atoms with Crippen LogP contribution < -0.4 is 15.6 Å². The summed E-state index contributed by atoms with van der Waals surface area (Å²) in [4.78, 5) is 22.8. The quantitative estimate of drug-likeness (QED) is 0.825. The number of furan rings is 1. The van der Waals surface area contributed by atoms with Crippen LogP contribution in [-0.2, 0) is 4.79 Å². The molecule has 0 aliphatic heterocycles. The van der Waals surface area contributed by atoms with E-state index in [9.17, 15) is 14.0 Å². The zero-order valence-corrected chi connectivity index (χ0v) is 10.3. The summed E-state index contributed by atoms with van der Waals surface area (Å²) in [7, 11) is 0. The van der Waals surface area contributed by atoms with E-state index in [1.165, 1.54) is 36.6 Å². The van der Waals surface area contributed by atoms with Gasteiger partial charge in [-0.25, -0.2) is 4.39 Å². The lowest BCUT2D eigenvalue weighted by molar-refractivity contribution is -0.123. The van der Waals surface area contributed by atoms with E-state index >= 15 is 0 Å². The van der Waals surface area contributed by atoms with Crippen LogP contribution in [0, 0.1) is 5.82 Å². The highest BCUT2D eigenvalue weighted by atomic mass is 19.1. The maximum Gasteiger partial charge on any atom is 0.305 e. The lowest BCUT2D eigenvalue weighted by Gasteiger charge is -2.07. The van der Waals surface area contributed by atoms with Crippen LogP contribution in [0.5, 0.6) is 5.75 Å². The smallest absolute Gasteiger partial charge is 0.305 e. The van der Waals surface area contributed by atoms with Crippen molar-refractivity contribution in [2.24, 2.45) is 0 Å². The number of ether oxygens (including phenoxy) is 1. The van der Waals surface area contributed by atoms with Crippen LogP contribution in [0.3, 0.4) is 0 Å². The molecule has 0 bridgehead atoms. The Hall–Kier alpha value is -2.83. The van der Waals surface area contributed by atoms with Gasteiger partial charge in [0.05, 0.1) is 6.26 Å². The third kappa shape index (κ3) is 3.84. The Kier molecular flexibility index (Phi) is 4.33. The predicted molar refractivity (Wildman–Crippen MR) is 66.2 cm³/mol. The second kappa shape index (κ2) is 6.37. The van der Waals surface area contributed by atoms with Gasteiger partial charge in [-0.3, -0.25) is 20.4 Å². The van der Waals surface area contributed by atoms with Crippen molar-refractivity contribution in [3.63, 3.8) is 0 Å². The fraction of sp³-hybridized carbons (Fsp3) is 0.0769. The molecular formula is C13H11FN2O4. The van der Waals surface area contributed by atoms with E-state index in [2.05, 4.69) is 10.9 Å². The molecule has 20 heavy (non-hydrogen) atoms. The molecule has 2 amide bonds. The van der Waals surface area contributed by atoms with Crippen molar-refractivity contribution in [1.29, 1.82) is 0 Å². The Morgan fingerprint density at radius 1 is 1.15 bits per heavy atom. The second-order valence-electron chi connectivity index (χ2n) is 3.72. The largest absolute Gasteiger partial charge is 0.484 e. The molecule has 0 spiro atoms. The highest BCUT2D eigenvalue weighted by molar-refractivity contribution is 5.92. The van der Waals surface area contributed by atoms with E-state index in [4.69, 9.17) is 9.15 Å². The van der Waals surface area contributed by atoms with Gasteiger partial charge in [-0.2, -0.15) is 0 Å². The zero-order valence-electron chi connectivity index (χ0n) is 10.3. The fourth-order valence-corrected chi connectivity index (χ4v) is 1.31. The summed E-state index contributed by atoms with van der Waals surface area (Å²) < 4.78 is 22.6. The lowest BCUT2D eigenvalue weighted by atomic mass is 10.3. The minimum atomic E-state index is -0.579. The highest BCUT2D eigenvalue weighted by Gasteiger charge is 2.09. The first-order valence-corrected chi connectivity index (χ1v) is 5.66. The number of rotatable bonds is 4. The summed E-state index contributed by atoms with van der Waals surface area (Å²) in [6.45, 7) is -0.315. The van der Waals surface area contributed by atoms with Crippen molar-refractivity contribution >= 4 is 11.8 Å². The van der Waals surface area contributed by atoms with Gasteiger partial charge in [-0.1, -0.05) is 0 Å². The monoisotopic (exact) mass is 278 g/mol. The second-order valence-corrected chi connectivity index (χ2v) is 3.72. The molecule has 104 valence electrons. The van der Waals surface area contributed by atoms with E-state index in [1.807, 2.05) is 0 Å². The van der Waals surface area contributed by atoms with Crippen LogP contribution in [0.15, 0.2) is 47.1 Å². The fourth-order valence-electron chi connectivity index (χ4n) is 1.31. The molecule has 0 atom stereocenters. The van der Waals surface area contributed by atoms with E-state index in [0.29, 0.717) is 5.75 Å². The first-order valence-electron chi connectivity index (χ1n) is 5.66. The molecule has 7 heteroatoms. The summed E-state index contributed by atoms with van der Waals surface area (Å²) in [6, 6.07) is 8.22. The summed E-state index contributed by atoms with van der Waals surface area (Å²) >= 11 is 0. The van der Waals surface area contributed by atoms with Crippen LogP contribution in [0.4, 0.5) is 4.39 Å². The molecule has 0 saturated carbocycles. The minimum absolute atomic E-state index is 0.0738. The summed E-state index contributed by atoms with van der Waals surface area (Å²) in [5, 5.41) is 0. The van der Waals surface area contributed by atoms with Gasteiger partial charge in [0.2, 0.25) is 0 Å². The van der Waals surface area contributed by atoms with E-state index in [1.54, 1.807) is 6.07 Å². The number of hydrazine groups is 1. The maximum absolute atomic E-state index is 12.6. The Morgan fingerprint density at radius 3 is 2.55 bits per heavy atom. The van der Waals surface area contributed by atoms with Crippen molar-refractivity contribution < 1.29 is 23.1 Å². The van der Waals surface area contributed by atoms with Crippen LogP contribution in [0.2, 0.25) is 0 Å². The standard InChI is InChI=1S/C13H11FN2O4/c14-9-3-5-10(6-4-9)20-8-12(17)15-16-13(18)11-2-1-7-19-11/h1-7H,8H2,(H,15,17)(H,16,18). The number of halogens is 1. The first-order chi connectivity index (χ1) is 9.65. The molecule has 0 aliphatic rings. The average molecular weight is 278 g/mol. The Bertz CT molecular complexity index is 581. The molecule has 2 aromatic rings. The number of hydrogen-bond acceptors (Lipinski definition) is 4. The van der Waals surface area contributed by atoms with Crippen LogP contribution in [0.25, 0.3) is 0 Å². The number of benzene rings is 1.